The van der Waals surface area contributed by atoms with E-state index >= 15 is 0 Å². The minimum atomic E-state index is -0.349. The molecule has 2 N–H and O–H groups in total. The largest absolute Gasteiger partial charge is 0.508 e. The minimum absolute atomic E-state index is 0.124. The Kier molecular flexibility index (Phi) is 4.72. The van der Waals surface area contributed by atoms with Gasteiger partial charge in [0.15, 0.2) is 6.61 Å². The molecule has 0 saturated heterocycles. The van der Waals surface area contributed by atoms with E-state index in [4.69, 9.17) is 4.74 Å². The molecule has 0 aromatic heterocycles. The Balaban J connectivity index is 1.56. The number of aromatic hydroxyl groups is 1. The minimum Gasteiger partial charge on any atom is -0.508 e. The Morgan fingerprint density at radius 2 is 1.79 bits per heavy atom. The quantitative estimate of drug-likeness (QED) is 0.560. The molecule has 5 nitrogen and oxygen atoms in total. The molecule has 3 aromatic carbocycles. The molecule has 0 aliphatic rings. The lowest BCUT2D eigenvalue weighted by Crippen LogP contribution is -2.24. The van der Waals surface area contributed by atoms with Crippen LogP contribution in [0.5, 0.6) is 11.5 Å². The lowest BCUT2D eigenvalue weighted by atomic mass is 10.1. The van der Waals surface area contributed by atoms with Crippen LogP contribution in [-0.2, 0) is 4.79 Å². The standard InChI is InChI=1S/C19H16N2O3/c22-16-10-8-14(9-11-16)12-20-21-19(23)13-24-18-7-3-5-15-4-1-2-6-17(15)18/h1-12,22H,13H2,(H,21,23)/b20-12-. The van der Waals surface area contributed by atoms with E-state index in [0.717, 1.165) is 16.3 Å². The van der Waals surface area contributed by atoms with Crippen LogP contribution in [-0.4, -0.2) is 23.8 Å². The highest BCUT2D eigenvalue weighted by atomic mass is 16.5. The number of amides is 1. The molecule has 0 spiro atoms. The highest BCUT2D eigenvalue weighted by molar-refractivity contribution is 5.89. The lowest BCUT2D eigenvalue weighted by Gasteiger charge is -2.08. The Bertz CT molecular complexity index is 868. The highest BCUT2D eigenvalue weighted by Gasteiger charge is 2.04. The monoisotopic (exact) mass is 320 g/mol. The number of phenols is 1. The van der Waals surface area contributed by atoms with Crippen molar-refractivity contribution in [2.75, 3.05) is 6.61 Å². The molecule has 120 valence electrons. The van der Waals surface area contributed by atoms with Gasteiger partial charge in [0.05, 0.1) is 6.21 Å². The second-order valence-corrected chi connectivity index (χ2v) is 5.15. The maximum atomic E-state index is 11.8. The van der Waals surface area contributed by atoms with E-state index in [1.807, 2.05) is 42.5 Å². The number of benzene rings is 3. The summed E-state index contributed by atoms with van der Waals surface area (Å²) in [5.74, 6) is 0.489. The molecule has 0 saturated carbocycles. The zero-order valence-electron chi connectivity index (χ0n) is 12.8. The first kappa shape index (κ1) is 15.6. The van der Waals surface area contributed by atoms with Gasteiger partial charge in [0.1, 0.15) is 11.5 Å². The van der Waals surface area contributed by atoms with Crippen LogP contribution in [0.2, 0.25) is 0 Å². The molecular formula is C19H16N2O3. The Morgan fingerprint density at radius 1 is 1.04 bits per heavy atom. The number of ether oxygens (including phenoxy) is 1. The van der Waals surface area contributed by atoms with Gasteiger partial charge in [-0.25, -0.2) is 5.43 Å². The van der Waals surface area contributed by atoms with Gasteiger partial charge >= 0.3 is 0 Å². The number of hydrazone groups is 1. The van der Waals surface area contributed by atoms with Crippen molar-refractivity contribution in [3.05, 3.63) is 72.3 Å². The third-order valence-corrected chi connectivity index (χ3v) is 3.40. The maximum Gasteiger partial charge on any atom is 0.277 e. The van der Waals surface area contributed by atoms with Gasteiger partial charge in [0.25, 0.3) is 5.91 Å². The molecule has 0 atom stereocenters. The highest BCUT2D eigenvalue weighted by Crippen LogP contribution is 2.24. The number of carbonyl (C=O) groups is 1. The van der Waals surface area contributed by atoms with Crippen molar-refractivity contribution in [2.24, 2.45) is 5.10 Å². The molecule has 1 amide bonds. The fourth-order valence-corrected chi connectivity index (χ4v) is 2.24. The van der Waals surface area contributed by atoms with Gasteiger partial charge in [-0.1, -0.05) is 36.4 Å². The van der Waals surface area contributed by atoms with Crippen molar-refractivity contribution in [2.45, 2.75) is 0 Å². The molecule has 3 rings (SSSR count). The van der Waals surface area contributed by atoms with Gasteiger partial charge in [0.2, 0.25) is 0 Å². The van der Waals surface area contributed by atoms with Crippen LogP contribution in [0, 0.1) is 0 Å². The summed E-state index contributed by atoms with van der Waals surface area (Å²) in [6.07, 6.45) is 1.50. The van der Waals surface area contributed by atoms with Crippen molar-refractivity contribution in [3.63, 3.8) is 0 Å². The fourth-order valence-electron chi connectivity index (χ4n) is 2.24. The topological polar surface area (TPSA) is 70.9 Å². The van der Waals surface area contributed by atoms with Crippen LogP contribution >= 0.6 is 0 Å². The summed E-state index contributed by atoms with van der Waals surface area (Å²) in [6, 6.07) is 20.0. The second kappa shape index (κ2) is 7.28. The lowest BCUT2D eigenvalue weighted by molar-refractivity contribution is -0.123. The van der Waals surface area contributed by atoms with Gasteiger partial charge in [0, 0.05) is 5.39 Å². The number of rotatable bonds is 5. The van der Waals surface area contributed by atoms with E-state index in [1.165, 1.54) is 6.21 Å². The van der Waals surface area contributed by atoms with E-state index in [9.17, 15) is 9.90 Å². The summed E-state index contributed by atoms with van der Waals surface area (Å²) in [6.45, 7) is -0.124. The summed E-state index contributed by atoms with van der Waals surface area (Å²) in [7, 11) is 0. The Hall–Kier alpha value is -3.34. The molecular weight excluding hydrogens is 304 g/mol. The summed E-state index contributed by atoms with van der Waals surface area (Å²) >= 11 is 0. The van der Waals surface area contributed by atoms with E-state index < -0.39 is 0 Å². The van der Waals surface area contributed by atoms with E-state index in [1.54, 1.807) is 24.3 Å². The Labute approximate surface area is 139 Å². The number of phenolic OH excluding ortho intramolecular Hbond substituents is 1. The number of carbonyl (C=O) groups excluding carboxylic acids is 1. The van der Waals surface area contributed by atoms with Crippen LogP contribution < -0.4 is 10.2 Å². The molecule has 5 heteroatoms. The smallest absolute Gasteiger partial charge is 0.277 e. The molecule has 0 aliphatic heterocycles. The molecule has 3 aromatic rings. The number of hydrogen-bond acceptors (Lipinski definition) is 4. The van der Waals surface area contributed by atoms with Gasteiger partial charge in [-0.2, -0.15) is 5.10 Å². The maximum absolute atomic E-state index is 11.8. The molecule has 0 fully saturated rings. The first-order valence-electron chi connectivity index (χ1n) is 7.44. The van der Waals surface area contributed by atoms with Crippen LogP contribution in [0.4, 0.5) is 0 Å². The van der Waals surface area contributed by atoms with Gasteiger partial charge in [-0.15, -0.1) is 0 Å². The number of nitrogens with zero attached hydrogens (tertiary/aromatic N) is 1. The average Bonchev–Trinajstić information content (AvgIpc) is 2.61. The molecule has 0 radical (unpaired) electrons. The van der Waals surface area contributed by atoms with Gasteiger partial charge < -0.3 is 9.84 Å². The third-order valence-electron chi connectivity index (χ3n) is 3.40. The molecule has 0 unspecified atom stereocenters. The van der Waals surface area contributed by atoms with Crippen molar-refractivity contribution in [3.8, 4) is 11.5 Å². The predicted octanol–water partition coefficient (Wildman–Crippen LogP) is 3.07. The zero-order chi connectivity index (χ0) is 16.8. The van der Waals surface area contributed by atoms with Crippen LogP contribution in [0.1, 0.15) is 5.56 Å². The van der Waals surface area contributed by atoms with Crippen LogP contribution in [0.3, 0.4) is 0 Å². The van der Waals surface area contributed by atoms with Crippen LogP contribution in [0.25, 0.3) is 10.8 Å². The van der Waals surface area contributed by atoms with Crippen molar-refractivity contribution in [1.29, 1.82) is 0 Å². The van der Waals surface area contributed by atoms with Crippen molar-refractivity contribution >= 4 is 22.9 Å². The molecule has 0 aliphatic carbocycles. The van der Waals surface area contributed by atoms with Crippen molar-refractivity contribution < 1.29 is 14.6 Å². The zero-order valence-corrected chi connectivity index (χ0v) is 12.8. The second-order valence-electron chi connectivity index (χ2n) is 5.15. The van der Waals surface area contributed by atoms with E-state index in [2.05, 4.69) is 10.5 Å². The van der Waals surface area contributed by atoms with Gasteiger partial charge in [-0.3, -0.25) is 4.79 Å². The van der Waals surface area contributed by atoms with E-state index in [0.29, 0.717) is 5.75 Å². The molecule has 0 bridgehead atoms. The number of nitrogens with one attached hydrogen (secondary N) is 1. The van der Waals surface area contributed by atoms with Crippen LogP contribution in [0.15, 0.2) is 71.8 Å². The number of hydrogen-bond donors (Lipinski definition) is 2. The molecule has 24 heavy (non-hydrogen) atoms. The Morgan fingerprint density at radius 3 is 2.62 bits per heavy atom. The third kappa shape index (κ3) is 3.89. The fraction of sp³-hybridized carbons (Fsp3) is 0.0526. The van der Waals surface area contributed by atoms with Gasteiger partial charge in [-0.05, 0) is 41.3 Å². The summed E-state index contributed by atoms with van der Waals surface area (Å²) in [5, 5.41) is 15.1. The predicted molar refractivity (Wildman–Crippen MR) is 93.3 cm³/mol. The molecule has 0 heterocycles. The van der Waals surface area contributed by atoms with Crippen molar-refractivity contribution in [1.82, 2.24) is 5.43 Å². The number of fused-ring (bicyclic) bond motifs is 1. The normalized spacial score (nSPS) is 10.8. The van der Waals surface area contributed by atoms with E-state index in [-0.39, 0.29) is 18.3 Å². The first-order valence-corrected chi connectivity index (χ1v) is 7.44. The SMILES string of the molecule is O=C(COc1cccc2ccccc12)N/N=C\c1ccc(O)cc1. The first-order chi connectivity index (χ1) is 11.7. The summed E-state index contributed by atoms with van der Waals surface area (Å²) in [4.78, 5) is 11.8. The average molecular weight is 320 g/mol. The summed E-state index contributed by atoms with van der Waals surface area (Å²) < 4.78 is 5.58. The summed E-state index contributed by atoms with van der Waals surface area (Å²) in [5.41, 5.74) is 3.17.